The molecule has 7 nitrogen and oxygen atoms in total. The normalized spacial score (nSPS) is 10.6. The number of Topliss-reactive ketones (excluding diaryl/α,β-unsaturated/α-hetero) is 1. The summed E-state index contributed by atoms with van der Waals surface area (Å²) in [5, 5.41) is 12.2. The summed E-state index contributed by atoms with van der Waals surface area (Å²) in [4.78, 5) is 24.0. The van der Waals surface area contributed by atoms with Gasteiger partial charge in [0.1, 0.15) is 5.75 Å². The average molecular weight is 459 g/mol. The molecule has 0 radical (unpaired) electrons. The Labute approximate surface area is 195 Å². The number of carbonyl (C=O) groups is 2. The second-order valence-electron chi connectivity index (χ2n) is 7.15. The molecule has 1 amide bonds. The first-order valence-electron chi connectivity index (χ1n) is 10.2. The molecule has 0 fully saturated rings. The van der Waals surface area contributed by atoms with Crippen molar-refractivity contribution in [2.75, 3.05) is 18.2 Å². The van der Waals surface area contributed by atoms with Crippen molar-refractivity contribution >= 4 is 29.1 Å². The van der Waals surface area contributed by atoms with E-state index in [1.165, 1.54) is 18.7 Å². The molecule has 1 N–H and O–H groups in total. The highest BCUT2D eigenvalue weighted by Crippen LogP contribution is 2.33. The number of ketones is 1. The first-order chi connectivity index (χ1) is 16.1. The van der Waals surface area contributed by atoms with Gasteiger partial charge in [-0.2, -0.15) is 0 Å². The fourth-order valence-electron chi connectivity index (χ4n) is 3.29. The lowest BCUT2D eigenvalue weighted by Crippen LogP contribution is -2.14. The Morgan fingerprint density at radius 1 is 0.939 bits per heavy atom. The topological polar surface area (TPSA) is 86.1 Å². The van der Waals surface area contributed by atoms with Crippen LogP contribution < -0.4 is 10.1 Å². The minimum atomic E-state index is -0.183. The smallest absolute Gasteiger partial charge is 0.234 e. The average Bonchev–Trinajstić information content (AvgIpc) is 3.27. The highest BCUT2D eigenvalue weighted by molar-refractivity contribution is 7.99. The first kappa shape index (κ1) is 22.3. The number of nitrogens with one attached hydrogen (secondary N) is 1. The number of amides is 1. The summed E-state index contributed by atoms with van der Waals surface area (Å²) in [5.41, 5.74) is 2.91. The summed E-state index contributed by atoms with van der Waals surface area (Å²) in [7, 11) is 1.62. The van der Waals surface area contributed by atoms with Gasteiger partial charge in [-0.1, -0.05) is 42.1 Å². The maximum atomic E-state index is 12.6. The van der Waals surface area contributed by atoms with Crippen LogP contribution in [0.15, 0.2) is 84.0 Å². The largest absolute Gasteiger partial charge is 0.496 e. The number of benzene rings is 3. The Hall–Kier alpha value is -3.91. The fraction of sp³-hybridized carbons (Fsp3) is 0.120. The second-order valence-corrected chi connectivity index (χ2v) is 8.09. The van der Waals surface area contributed by atoms with Gasteiger partial charge in [-0.05, 0) is 55.5 Å². The summed E-state index contributed by atoms with van der Waals surface area (Å²) in [5.74, 6) is 1.25. The molecule has 0 saturated heterocycles. The number of ether oxygens (including phenoxy) is 1. The summed E-state index contributed by atoms with van der Waals surface area (Å²) in [6.07, 6.45) is 0. The van der Waals surface area contributed by atoms with Crippen LogP contribution in [0, 0.1) is 0 Å². The Bertz CT molecular complexity index is 1270. The SMILES string of the molecule is COc1ccccc1-c1nnc(SCC(=O)Nc2ccc(C(C)=O)cc2)n1-c1ccccc1. The number of hydrogen-bond acceptors (Lipinski definition) is 6. The second kappa shape index (κ2) is 10.1. The number of methoxy groups -OCH3 is 1. The minimum absolute atomic E-state index is 0.0190. The van der Waals surface area contributed by atoms with E-state index >= 15 is 0 Å². The van der Waals surface area contributed by atoms with E-state index in [2.05, 4.69) is 15.5 Å². The monoisotopic (exact) mass is 458 g/mol. The molecule has 0 aliphatic carbocycles. The Kier molecular flexibility index (Phi) is 6.85. The molecule has 0 bridgehead atoms. The molecule has 0 atom stereocenters. The van der Waals surface area contributed by atoms with Crippen LogP contribution in [0.5, 0.6) is 5.75 Å². The molecule has 0 saturated carbocycles. The molecular weight excluding hydrogens is 436 g/mol. The third-order valence-electron chi connectivity index (χ3n) is 4.90. The van der Waals surface area contributed by atoms with Gasteiger partial charge in [-0.15, -0.1) is 10.2 Å². The molecule has 166 valence electrons. The molecule has 4 aromatic rings. The zero-order valence-electron chi connectivity index (χ0n) is 18.2. The summed E-state index contributed by atoms with van der Waals surface area (Å²) < 4.78 is 7.43. The van der Waals surface area contributed by atoms with Crippen molar-refractivity contribution in [3.63, 3.8) is 0 Å². The number of carbonyl (C=O) groups excluding carboxylic acids is 2. The van der Waals surface area contributed by atoms with Crippen molar-refractivity contribution in [1.82, 2.24) is 14.8 Å². The van der Waals surface area contributed by atoms with Crippen LogP contribution in [-0.2, 0) is 4.79 Å². The van der Waals surface area contributed by atoms with Gasteiger partial charge in [0, 0.05) is 16.9 Å². The highest BCUT2D eigenvalue weighted by Gasteiger charge is 2.19. The van der Waals surface area contributed by atoms with Gasteiger partial charge in [-0.25, -0.2) is 0 Å². The number of hydrogen-bond donors (Lipinski definition) is 1. The van der Waals surface area contributed by atoms with Gasteiger partial charge in [0.25, 0.3) is 0 Å². The first-order valence-corrected chi connectivity index (χ1v) is 11.2. The van der Waals surface area contributed by atoms with Gasteiger partial charge >= 0.3 is 0 Å². The Morgan fingerprint density at radius 2 is 1.64 bits per heavy atom. The fourth-order valence-corrected chi connectivity index (χ4v) is 4.04. The van der Waals surface area contributed by atoms with Crippen LogP contribution in [0.1, 0.15) is 17.3 Å². The summed E-state index contributed by atoms with van der Waals surface area (Å²) in [6, 6.07) is 24.2. The van der Waals surface area contributed by atoms with E-state index in [0.717, 1.165) is 11.3 Å². The van der Waals surface area contributed by atoms with Crippen molar-refractivity contribution in [2.45, 2.75) is 12.1 Å². The molecule has 0 aliphatic rings. The molecule has 3 aromatic carbocycles. The van der Waals surface area contributed by atoms with Crippen LogP contribution in [0.4, 0.5) is 5.69 Å². The number of rotatable bonds is 8. The van der Waals surface area contributed by atoms with Gasteiger partial charge in [-0.3, -0.25) is 14.2 Å². The van der Waals surface area contributed by atoms with Gasteiger partial charge in [0.05, 0.1) is 18.4 Å². The van der Waals surface area contributed by atoms with Crippen LogP contribution in [0.25, 0.3) is 17.1 Å². The van der Waals surface area contributed by atoms with E-state index in [-0.39, 0.29) is 17.4 Å². The van der Waals surface area contributed by atoms with Crippen LogP contribution in [-0.4, -0.2) is 39.3 Å². The van der Waals surface area contributed by atoms with E-state index in [1.807, 2.05) is 59.2 Å². The standard InChI is InChI=1S/C25H22N4O3S/c1-17(30)18-12-14-19(15-13-18)26-23(31)16-33-25-28-27-24(21-10-6-7-11-22(21)32-2)29(25)20-8-4-3-5-9-20/h3-15H,16H2,1-2H3,(H,26,31). The third-order valence-corrected chi connectivity index (χ3v) is 5.83. The molecule has 8 heteroatoms. The Morgan fingerprint density at radius 3 is 2.33 bits per heavy atom. The summed E-state index contributed by atoms with van der Waals surface area (Å²) in [6.45, 7) is 1.51. The van der Waals surface area contributed by atoms with E-state index in [4.69, 9.17) is 4.74 Å². The van der Waals surface area contributed by atoms with E-state index in [9.17, 15) is 9.59 Å². The maximum absolute atomic E-state index is 12.6. The number of nitrogens with zero attached hydrogens (tertiary/aromatic N) is 3. The predicted octanol–water partition coefficient (Wildman–Crippen LogP) is 4.88. The van der Waals surface area contributed by atoms with Crippen molar-refractivity contribution in [3.05, 3.63) is 84.4 Å². The van der Waals surface area contributed by atoms with Crippen molar-refractivity contribution in [2.24, 2.45) is 0 Å². The highest BCUT2D eigenvalue weighted by atomic mass is 32.2. The zero-order valence-corrected chi connectivity index (χ0v) is 19.0. The minimum Gasteiger partial charge on any atom is -0.496 e. The Balaban J connectivity index is 1.57. The number of anilines is 1. The van der Waals surface area contributed by atoms with Crippen LogP contribution in [0.2, 0.25) is 0 Å². The molecule has 0 spiro atoms. The van der Waals surface area contributed by atoms with Crippen molar-refractivity contribution in [1.29, 1.82) is 0 Å². The third kappa shape index (κ3) is 5.12. The quantitative estimate of drug-likeness (QED) is 0.299. The maximum Gasteiger partial charge on any atom is 0.234 e. The molecule has 33 heavy (non-hydrogen) atoms. The van der Waals surface area contributed by atoms with Gasteiger partial charge in [0.15, 0.2) is 16.8 Å². The molecule has 1 heterocycles. The lowest BCUT2D eigenvalue weighted by molar-refractivity contribution is -0.113. The lowest BCUT2D eigenvalue weighted by atomic mass is 10.1. The van der Waals surface area contributed by atoms with Gasteiger partial charge in [0.2, 0.25) is 5.91 Å². The summed E-state index contributed by atoms with van der Waals surface area (Å²) >= 11 is 1.29. The van der Waals surface area contributed by atoms with Crippen molar-refractivity contribution in [3.8, 4) is 22.8 Å². The van der Waals surface area contributed by atoms with E-state index in [1.54, 1.807) is 31.4 Å². The molecule has 0 aliphatic heterocycles. The zero-order chi connectivity index (χ0) is 23.2. The molecule has 0 unspecified atom stereocenters. The van der Waals surface area contributed by atoms with Crippen LogP contribution >= 0.6 is 11.8 Å². The predicted molar refractivity (Wildman–Crippen MR) is 129 cm³/mol. The lowest BCUT2D eigenvalue weighted by Gasteiger charge is -2.12. The van der Waals surface area contributed by atoms with Crippen LogP contribution in [0.3, 0.4) is 0 Å². The van der Waals surface area contributed by atoms with E-state index < -0.39 is 0 Å². The number of para-hydroxylation sites is 2. The molecule has 1 aromatic heterocycles. The van der Waals surface area contributed by atoms with Crippen molar-refractivity contribution < 1.29 is 14.3 Å². The van der Waals surface area contributed by atoms with E-state index in [0.29, 0.717) is 28.0 Å². The molecule has 4 rings (SSSR count). The number of thioether (sulfide) groups is 1. The van der Waals surface area contributed by atoms with Gasteiger partial charge < -0.3 is 10.1 Å². The molecular formula is C25H22N4O3S. The number of aromatic nitrogens is 3.